The Hall–Kier alpha value is -1.47. The lowest BCUT2D eigenvalue weighted by Gasteiger charge is -2.31. The second kappa shape index (κ2) is 14.5. The van der Waals surface area contributed by atoms with Gasteiger partial charge in [-0.1, -0.05) is 105 Å². The lowest BCUT2D eigenvalue weighted by Crippen LogP contribution is -2.18. The molecule has 4 rings (SSSR count). The molecule has 0 aromatic heterocycles. The molecule has 0 radical (unpaired) electrons. The van der Waals surface area contributed by atoms with E-state index in [4.69, 9.17) is 0 Å². The summed E-state index contributed by atoms with van der Waals surface area (Å²) in [7, 11) is 0. The highest BCUT2D eigenvalue weighted by atomic mass is 32.2. The molecular formula is C35H50S. The van der Waals surface area contributed by atoms with Crippen LogP contribution in [0.5, 0.6) is 0 Å². The van der Waals surface area contributed by atoms with Crippen molar-refractivity contribution < 1.29 is 0 Å². The minimum atomic E-state index is 0.771. The van der Waals surface area contributed by atoms with Gasteiger partial charge in [0.05, 0.1) is 0 Å². The molecule has 1 unspecified atom stereocenters. The van der Waals surface area contributed by atoms with Gasteiger partial charge in [0.25, 0.3) is 0 Å². The van der Waals surface area contributed by atoms with Crippen molar-refractivity contribution in [2.75, 3.05) is 11.5 Å². The Balaban J connectivity index is 1.22. The highest BCUT2D eigenvalue weighted by Gasteiger charge is 2.28. The number of unbranched alkanes of at least 4 members (excludes halogenated alkanes) is 1. The quantitative estimate of drug-likeness (QED) is 0.271. The van der Waals surface area contributed by atoms with E-state index in [9.17, 15) is 0 Å². The van der Waals surface area contributed by atoms with E-state index in [1.54, 1.807) is 22.3 Å². The Bertz CT molecular complexity index is 936. The van der Waals surface area contributed by atoms with Crippen molar-refractivity contribution in [2.24, 2.45) is 17.8 Å². The summed E-state index contributed by atoms with van der Waals surface area (Å²) >= 11 is 2.08. The Morgan fingerprint density at radius 3 is 2.50 bits per heavy atom. The fourth-order valence-corrected chi connectivity index (χ4v) is 7.72. The number of hydrogen-bond donors (Lipinski definition) is 0. The number of hydrogen-bond acceptors (Lipinski definition) is 1. The molecule has 0 spiro atoms. The van der Waals surface area contributed by atoms with Crippen LogP contribution >= 0.6 is 11.8 Å². The largest absolute Gasteiger partial charge is 0.153 e. The van der Waals surface area contributed by atoms with E-state index in [1.165, 1.54) is 99.7 Å². The molecule has 3 aliphatic rings. The first-order chi connectivity index (χ1) is 17.6. The van der Waals surface area contributed by atoms with Gasteiger partial charge in [-0.3, -0.25) is 0 Å². The van der Waals surface area contributed by atoms with Crippen LogP contribution < -0.4 is 0 Å². The number of allylic oxidation sites excluding steroid dienone is 6. The van der Waals surface area contributed by atoms with Crippen molar-refractivity contribution >= 4 is 11.8 Å². The summed E-state index contributed by atoms with van der Waals surface area (Å²) in [5.74, 6) is 5.03. The summed E-state index contributed by atoms with van der Waals surface area (Å²) in [6.45, 7) is 7.05. The third-order valence-corrected chi connectivity index (χ3v) is 10.1. The third kappa shape index (κ3) is 8.01. The van der Waals surface area contributed by atoms with Crippen molar-refractivity contribution in [3.05, 3.63) is 82.0 Å². The Morgan fingerprint density at radius 1 is 0.917 bits per heavy atom. The predicted octanol–water partition coefficient (Wildman–Crippen LogP) is 10.7. The van der Waals surface area contributed by atoms with E-state index < -0.39 is 0 Å². The average molecular weight is 503 g/mol. The average Bonchev–Trinajstić information content (AvgIpc) is 3.18. The lowest BCUT2D eigenvalue weighted by molar-refractivity contribution is 0.279. The molecule has 1 heterocycles. The molecule has 0 nitrogen and oxygen atoms in total. The molecule has 36 heavy (non-hydrogen) atoms. The van der Waals surface area contributed by atoms with Gasteiger partial charge in [-0.25, -0.2) is 0 Å². The number of aryl methyl sites for hydroxylation is 1. The molecule has 1 saturated carbocycles. The van der Waals surface area contributed by atoms with E-state index in [0.717, 1.165) is 24.2 Å². The third-order valence-electron chi connectivity index (χ3n) is 9.02. The zero-order valence-corrected chi connectivity index (χ0v) is 24.2. The van der Waals surface area contributed by atoms with Crippen molar-refractivity contribution in [3.8, 4) is 0 Å². The van der Waals surface area contributed by atoms with Gasteiger partial charge in [0.1, 0.15) is 0 Å². The van der Waals surface area contributed by atoms with Gasteiger partial charge < -0.3 is 0 Å². The normalized spacial score (nSPS) is 23.7. The molecule has 1 aromatic carbocycles. The van der Waals surface area contributed by atoms with Crippen LogP contribution in [0.4, 0.5) is 0 Å². The summed E-state index contributed by atoms with van der Waals surface area (Å²) in [4.78, 5) is 0. The van der Waals surface area contributed by atoms with Crippen LogP contribution in [0, 0.1) is 17.8 Å². The zero-order chi connectivity index (χ0) is 25.2. The first-order valence-electron chi connectivity index (χ1n) is 15.0. The van der Waals surface area contributed by atoms with Gasteiger partial charge in [-0.05, 0) is 98.8 Å². The standard InChI is InChI=1S/C35H50S/c1-4-10-29(16-17-30-11-6-5-7-12-30)13-8-9-14-31-18-20-32(21-19-31)33-22-15-27(2)25-35-28(3)26-36-24-23-34(33)35/h5-7,11-12,15,22-23,29,31-32H,4,8-10,13-14,16-21,24-26H2,1-3H3. The van der Waals surface area contributed by atoms with E-state index in [2.05, 4.69) is 81.1 Å². The molecule has 1 fully saturated rings. The first kappa shape index (κ1) is 27.6. The van der Waals surface area contributed by atoms with E-state index in [1.807, 2.05) is 0 Å². The van der Waals surface area contributed by atoms with Gasteiger partial charge in [-0.2, -0.15) is 11.8 Å². The summed E-state index contributed by atoms with van der Waals surface area (Å²) < 4.78 is 0. The van der Waals surface area contributed by atoms with E-state index in [-0.39, 0.29) is 0 Å². The second-order valence-electron chi connectivity index (χ2n) is 11.9. The molecule has 0 N–H and O–H groups in total. The molecule has 1 aromatic rings. The van der Waals surface area contributed by atoms with Crippen molar-refractivity contribution in [1.29, 1.82) is 0 Å². The minimum absolute atomic E-state index is 0.771. The van der Waals surface area contributed by atoms with Crippen LogP contribution in [0.25, 0.3) is 0 Å². The highest BCUT2D eigenvalue weighted by Crippen LogP contribution is 2.43. The SMILES string of the molecule is CCCC(CCCCC1CCC(C2=CC=C(C)CC3=C(C)CSCC=C23)CC1)CCc1ccccc1. The van der Waals surface area contributed by atoms with E-state index >= 15 is 0 Å². The molecule has 1 aliphatic heterocycles. The van der Waals surface area contributed by atoms with Crippen molar-refractivity contribution in [1.82, 2.24) is 0 Å². The van der Waals surface area contributed by atoms with Crippen LogP contribution in [-0.2, 0) is 6.42 Å². The molecule has 1 heteroatoms. The van der Waals surface area contributed by atoms with Crippen LogP contribution in [0.3, 0.4) is 0 Å². The summed E-state index contributed by atoms with van der Waals surface area (Å²) in [6, 6.07) is 11.1. The summed E-state index contributed by atoms with van der Waals surface area (Å²) in [5, 5.41) is 0. The molecule has 0 saturated heterocycles. The van der Waals surface area contributed by atoms with Gasteiger partial charge >= 0.3 is 0 Å². The van der Waals surface area contributed by atoms with Crippen molar-refractivity contribution in [2.45, 2.75) is 104 Å². The molecular weight excluding hydrogens is 452 g/mol. The van der Waals surface area contributed by atoms with Crippen LogP contribution in [0.2, 0.25) is 0 Å². The minimum Gasteiger partial charge on any atom is -0.153 e. The Kier molecular flexibility index (Phi) is 11.1. The predicted molar refractivity (Wildman–Crippen MR) is 162 cm³/mol. The Morgan fingerprint density at radius 2 is 1.72 bits per heavy atom. The number of fused-ring (bicyclic) bond motifs is 1. The van der Waals surface area contributed by atoms with Gasteiger partial charge in [-0.15, -0.1) is 0 Å². The van der Waals surface area contributed by atoms with Crippen molar-refractivity contribution in [3.63, 3.8) is 0 Å². The molecule has 2 aliphatic carbocycles. The topological polar surface area (TPSA) is 0 Å². The maximum atomic E-state index is 2.56. The van der Waals surface area contributed by atoms with Crippen LogP contribution in [0.15, 0.2) is 76.4 Å². The van der Waals surface area contributed by atoms with Gasteiger partial charge in [0, 0.05) is 11.5 Å². The molecule has 196 valence electrons. The first-order valence-corrected chi connectivity index (χ1v) is 16.2. The maximum absolute atomic E-state index is 2.56. The fourth-order valence-electron chi connectivity index (χ4n) is 6.83. The van der Waals surface area contributed by atoms with Gasteiger partial charge in [0.2, 0.25) is 0 Å². The summed E-state index contributed by atoms with van der Waals surface area (Å²) in [5.41, 5.74) is 9.59. The van der Waals surface area contributed by atoms with Crippen LogP contribution in [0.1, 0.15) is 103 Å². The maximum Gasteiger partial charge on any atom is 0.0149 e. The summed E-state index contributed by atoms with van der Waals surface area (Å²) in [6.07, 6.45) is 25.5. The Labute approximate surface area is 226 Å². The number of thioether (sulfide) groups is 1. The molecule has 0 amide bonds. The zero-order valence-electron chi connectivity index (χ0n) is 23.4. The molecule has 0 bridgehead atoms. The monoisotopic (exact) mass is 502 g/mol. The second-order valence-corrected chi connectivity index (χ2v) is 12.9. The van der Waals surface area contributed by atoms with Crippen LogP contribution in [-0.4, -0.2) is 11.5 Å². The smallest absolute Gasteiger partial charge is 0.0149 e. The number of rotatable bonds is 11. The lowest BCUT2D eigenvalue weighted by atomic mass is 9.73. The highest BCUT2D eigenvalue weighted by molar-refractivity contribution is 7.99. The number of benzene rings is 1. The molecule has 1 atom stereocenters. The fraction of sp³-hybridized carbons (Fsp3) is 0.600. The van der Waals surface area contributed by atoms with E-state index in [0.29, 0.717) is 0 Å². The van der Waals surface area contributed by atoms with Gasteiger partial charge in [0.15, 0.2) is 0 Å².